The molecule has 0 bridgehead atoms. The van der Waals surface area contributed by atoms with Crippen LogP contribution in [-0.4, -0.2) is 19.8 Å². The van der Waals surface area contributed by atoms with Gasteiger partial charge in [0.05, 0.1) is 5.54 Å². The van der Waals surface area contributed by atoms with E-state index in [4.69, 9.17) is 4.99 Å². The molecule has 0 amide bonds. The Kier molecular flexibility index (Phi) is 6.64. The van der Waals surface area contributed by atoms with Crippen molar-refractivity contribution in [3.05, 3.63) is 71.9 Å². The Hall–Kier alpha value is -1.93. The van der Waals surface area contributed by atoms with Gasteiger partial charge in [0.1, 0.15) is 8.07 Å². The number of hydrogen-bond donors (Lipinski definition) is 0. The highest BCUT2D eigenvalue weighted by atomic mass is 28.3. The van der Waals surface area contributed by atoms with E-state index >= 15 is 0 Å². The van der Waals surface area contributed by atoms with Crippen LogP contribution in [0.2, 0.25) is 13.1 Å². The van der Waals surface area contributed by atoms with Crippen LogP contribution < -0.4 is 5.19 Å². The van der Waals surface area contributed by atoms with Crippen molar-refractivity contribution in [2.75, 3.05) is 0 Å². The molecule has 0 aliphatic carbocycles. The van der Waals surface area contributed by atoms with Crippen molar-refractivity contribution in [1.82, 2.24) is 0 Å². The maximum Gasteiger partial charge on any atom is 0.104 e. The van der Waals surface area contributed by atoms with Gasteiger partial charge < -0.3 is 0 Å². The Balaban J connectivity index is 2.43. The van der Waals surface area contributed by atoms with Gasteiger partial charge in [-0.3, -0.25) is 4.99 Å². The highest BCUT2D eigenvalue weighted by Crippen LogP contribution is 2.30. The summed E-state index contributed by atoms with van der Waals surface area (Å²) in [7, 11) is -1.72. The third kappa shape index (κ3) is 6.95. The van der Waals surface area contributed by atoms with Crippen molar-refractivity contribution in [1.29, 1.82) is 0 Å². The van der Waals surface area contributed by atoms with Gasteiger partial charge in [-0.05, 0) is 36.8 Å². The van der Waals surface area contributed by atoms with E-state index in [-0.39, 0.29) is 11.0 Å². The predicted molar refractivity (Wildman–Crippen MR) is 125 cm³/mol. The van der Waals surface area contributed by atoms with Gasteiger partial charge in [0, 0.05) is 6.21 Å². The van der Waals surface area contributed by atoms with Crippen LogP contribution in [0, 0.1) is 5.41 Å². The van der Waals surface area contributed by atoms with Gasteiger partial charge in [-0.15, -0.1) is 0 Å². The maximum absolute atomic E-state index is 5.02. The van der Waals surface area contributed by atoms with Crippen molar-refractivity contribution >= 4 is 25.0 Å². The molecule has 0 radical (unpaired) electrons. The van der Waals surface area contributed by atoms with E-state index in [2.05, 4.69) is 120 Å². The third-order valence-corrected chi connectivity index (χ3v) is 7.51. The van der Waals surface area contributed by atoms with E-state index in [1.54, 1.807) is 0 Å². The van der Waals surface area contributed by atoms with Gasteiger partial charge in [-0.1, -0.05) is 105 Å². The van der Waals surface area contributed by atoms with Crippen LogP contribution in [0.15, 0.2) is 71.4 Å². The van der Waals surface area contributed by atoms with Crippen LogP contribution in [0.3, 0.4) is 0 Å². The summed E-state index contributed by atoms with van der Waals surface area (Å²) in [6.07, 6.45) is 3.16. The molecule has 0 unspecified atom stereocenters. The number of nitrogens with zero attached hydrogens (tertiary/aromatic N) is 1. The second-order valence-electron chi connectivity index (χ2n) is 9.86. The summed E-state index contributed by atoms with van der Waals surface area (Å²) in [5.41, 5.74) is 5.14. The molecule has 2 heteroatoms. The quantitative estimate of drug-likeness (QED) is 0.402. The number of rotatable bonds is 6. The lowest BCUT2D eigenvalue weighted by Gasteiger charge is -2.29. The number of allylic oxidation sites excluding steroid dienone is 1. The van der Waals surface area contributed by atoms with Crippen LogP contribution in [0.4, 0.5) is 0 Å². The zero-order chi connectivity index (χ0) is 20.1. The molecule has 0 heterocycles. The zero-order valence-corrected chi connectivity index (χ0v) is 19.1. The summed E-state index contributed by atoms with van der Waals surface area (Å²) in [6, 6.07) is 21.5. The molecule has 0 N–H and O–H groups in total. The molecule has 1 nitrogen and oxygen atoms in total. The Labute approximate surface area is 167 Å². The van der Waals surface area contributed by atoms with Crippen molar-refractivity contribution < 1.29 is 0 Å². The third-order valence-electron chi connectivity index (χ3n) is 4.66. The largest absolute Gasteiger partial charge is 0.287 e. The molecule has 144 valence electrons. The predicted octanol–water partition coefficient (Wildman–Crippen LogP) is 6.51. The molecule has 0 aliphatic heterocycles. The molecule has 2 aromatic rings. The van der Waals surface area contributed by atoms with E-state index in [1.807, 2.05) is 0 Å². The van der Waals surface area contributed by atoms with Gasteiger partial charge in [0.2, 0.25) is 0 Å². The molecule has 27 heavy (non-hydrogen) atoms. The number of hydrogen-bond acceptors (Lipinski definition) is 1. The van der Waals surface area contributed by atoms with E-state index < -0.39 is 8.07 Å². The summed E-state index contributed by atoms with van der Waals surface area (Å²) < 4.78 is 0. The fraction of sp³-hybridized carbons (Fsp3) is 0.400. The van der Waals surface area contributed by atoms with Gasteiger partial charge in [-0.25, -0.2) is 0 Å². The van der Waals surface area contributed by atoms with Crippen molar-refractivity contribution in [2.24, 2.45) is 10.4 Å². The monoisotopic (exact) mass is 377 g/mol. The normalized spacial score (nSPS) is 14.0. The van der Waals surface area contributed by atoms with Gasteiger partial charge in [0.15, 0.2) is 0 Å². The van der Waals surface area contributed by atoms with E-state index in [9.17, 15) is 0 Å². The molecular formula is C25H35NSi. The summed E-state index contributed by atoms with van der Waals surface area (Å²) in [4.78, 5) is 5.02. The van der Waals surface area contributed by atoms with Crippen LogP contribution in [0.1, 0.15) is 46.6 Å². The smallest absolute Gasteiger partial charge is 0.104 e. The highest BCUT2D eigenvalue weighted by Gasteiger charge is 2.25. The number of aliphatic imine (C=N–C) groups is 1. The van der Waals surface area contributed by atoms with Crippen LogP contribution in [0.5, 0.6) is 0 Å². The van der Waals surface area contributed by atoms with Crippen molar-refractivity contribution in [2.45, 2.75) is 59.7 Å². The minimum absolute atomic E-state index is 0.0788. The van der Waals surface area contributed by atoms with Gasteiger partial charge >= 0.3 is 0 Å². The molecule has 0 aromatic heterocycles. The molecule has 2 aromatic carbocycles. The van der Waals surface area contributed by atoms with Crippen LogP contribution >= 0.6 is 0 Å². The molecule has 0 saturated heterocycles. The first-order valence-electron chi connectivity index (χ1n) is 9.88. The first-order chi connectivity index (χ1) is 12.5. The molecule has 2 rings (SSSR count). The second kappa shape index (κ2) is 8.39. The van der Waals surface area contributed by atoms with Gasteiger partial charge in [-0.2, -0.15) is 0 Å². The Morgan fingerprint density at radius 1 is 0.852 bits per heavy atom. The second-order valence-corrected chi connectivity index (χ2v) is 14.2. The Bertz CT molecular complexity index is 778. The van der Waals surface area contributed by atoms with E-state index in [0.717, 1.165) is 6.42 Å². The summed E-state index contributed by atoms with van der Waals surface area (Å²) >= 11 is 0. The first kappa shape index (κ1) is 21.4. The minimum Gasteiger partial charge on any atom is -0.287 e. The summed E-state index contributed by atoms with van der Waals surface area (Å²) in [5, 5.41) is 1.45. The zero-order valence-electron chi connectivity index (χ0n) is 18.1. The van der Waals surface area contributed by atoms with Crippen molar-refractivity contribution in [3.8, 4) is 0 Å². The van der Waals surface area contributed by atoms with Crippen LogP contribution in [0.25, 0.3) is 5.57 Å². The van der Waals surface area contributed by atoms with Crippen molar-refractivity contribution in [3.63, 3.8) is 0 Å². The summed E-state index contributed by atoms with van der Waals surface area (Å²) in [6.45, 7) is 16.1. The topological polar surface area (TPSA) is 12.4 Å². The first-order valence-corrected chi connectivity index (χ1v) is 13.0. The molecule has 0 atom stereocenters. The Morgan fingerprint density at radius 2 is 1.37 bits per heavy atom. The minimum atomic E-state index is -1.72. The molecule has 0 spiro atoms. The fourth-order valence-electron chi connectivity index (χ4n) is 3.75. The molecule has 0 fully saturated rings. The lowest BCUT2D eigenvalue weighted by Crippen LogP contribution is -2.39. The highest BCUT2D eigenvalue weighted by molar-refractivity contribution is 6.94. The maximum atomic E-state index is 5.02. The standard InChI is InChI=1S/C25H35NSi/c1-24(2,3)20-25(4,5)26-18-22(21-14-10-8-11-15-21)19-27(6,7)23-16-12-9-13-17-23/h8-19H,20H2,1-7H3/b22-19-,26-18?. The molecule has 0 aliphatic rings. The molecular weight excluding hydrogens is 342 g/mol. The SMILES string of the molecule is CC(C)(C)CC(C)(C)N=C/C(=C/[Si](C)(C)c1ccccc1)c1ccccc1. The van der Waals surface area contributed by atoms with E-state index in [1.165, 1.54) is 16.3 Å². The molecule has 0 saturated carbocycles. The van der Waals surface area contributed by atoms with Crippen LogP contribution in [-0.2, 0) is 0 Å². The average molecular weight is 378 g/mol. The Morgan fingerprint density at radius 3 is 1.89 bits per heavy atom. The lowest BCUT2D eigenvalue weighted by molar-refractivity contribution is 0.289. The van der Waals surface area contributed by atoms with Gasteiger partial charge in [0.25, 0.3) is 0 Å². The van der Waals surface area contributed by atoms with E-state index in [0.29, 0.717) is 0 Å². The number of benzene rings is 2. The lowest BCUT2D eigenvalue weighted by atomic mass is 9.82. The fourth-order valence-corrected chi connectivity index (χ4v) is 5.99. The summed E-state index contributed by atoms with van der Waals surface area (Å²) in [5.74, 6) is 0. The average Bonchev–Trinajstić information content (AvgIpc) is 2.58.